The van der Waals surface area contributed by atoms with Crippen LogP contribution in [0.4, 0.5) is 5.69 Å². The van der Waals surface area contributed by atoms with Gasteiger partial charge in [0.25, 0.3) is 0 Å². The summed E-state index contributed by atoms with van der Waals surface area (Å²) in [5.74, 6) is -2.39. The normalized spacial score (nSPS) is 19.9. The fourth-order valence-corrected chi connectivity index (χ4v) is 2.87. The molecule has 0 aliphatic heterocycles. The number of carboxylic acids is 1. The summed E-state index contributed by atoms with van der Waals surface area (Å²) in [6.07, 6.45) is 6.41. The summed E-state index contributed by atoms with van der Waals surface area (Å²) in [7, 11) is 0. The molecule has 24 heavy (non-hydrogen) atoms. The van der Waals surface area contributed by atoms with Gasteiger partial charge in [-0.25, -0.2) is 4.68 Å². The maximum atomic E-state index is 12.4. The first-order valence-corrected chi connectivity index (χ1v) is 7.86. The second-order valence-corrected chi connectivity index (χ2v) is 5.93. The Morgan fingerprint density at radius 3 is 2.38 bits per heavy atom. The molecular weight excluding hydrogens is 306 g/mol. The minimum Gasteiger partial charge on any atom is -0.481 e. The molecule has 0 bridgehead atoms. The van der Waals surface area contributed by atoms with Crippen LogP contribution < -0.4 is 5.32 Å². The Kier molecular flexibility index (Phi) is 4.46. The van der Waals surface area contributed by atoms with Crippen LogP contribution in [0.15, 0.2) is 48.7 Å². The summed E-state index contributed by atoms with van der Waals surface area (Å²) in [6, 6.07) is 9.21. The lowest BCUT2D eigenvalue weighted by molar-refractivity contribution is -0.146. The van der Waals surface area contributed by atoms with Gasteiger partial charge < -0.3 is 10.4 Å². The van der Waals surface area contributed by atoms with Crippen LogP contribution in [0.5, 0.6) is 0 Å². The average Bonchev–Trinajstić information content (AvgIpc) is 3.02. The van der Waals surface area contributed by atoms with Gasteiger partial charge in [0.2, 0.25) is 5.91 Å². The van der Waals surface area contributed by atoms with E-state index in [-0.39, 0.29) is 5.91 Å². The number of hydrogen-bond acceptors (Lipinski definition) is 3. The van der Waals surface area contributed by atoms with E-state index < -0.39 is 17.8 Å². The van der Waals surface area contributed by atoms with Gasteiger partial charge in [0, 0.05) is 11.9 Å². The number of aliphatic carboxylic acids is 1. The molecule has 1 aliphatic rings. The van der Waals surface area contributed by atoms with Crippen molar-refractivity contribution in [2.24, 2.45) is 11.8 Å². The van der Waals surface area contributed by atoms with Gasteiger partial charge in [-0.3, -0.25) is 9.59 Å². The van der Waals surface area contributed by atoms with Gasteiger partial charge in [-0.2, -0.15) is 5.10 Å². The molecule has 124 valence electrons. The van der Waals surface area contributed by atoms with E-state index in [4.69, 9.17) is 0 Å². The Hall–Kier alpha value is -2.89. The minimum atomic E-state index is -0.927. The molecule has 0 fully saturated rings. The summed E-state index contributed by atoms with van der Waals surface area (Å²) in [4.78, 5) is 23.7. The SMILES string of the molecule is Cc1ccn(-c2ccc(NC(=O)[C@H]3CC=CC[C@H]3C(=O)O)cc2)n1. The van der Waals surface area contributed by atoms with Crippen molar-refractivity contribution in [1.82, 2.24) is 9.78 Å². The molecule has 2 aromatic rings. The molecule has 0 unspecified atom stereocenters. The number of carboxylic acid groups (broad SMARTS) is 1. The van der Waals surface area contributed by atoms with Gasteiger partial charge in [-0.05, 0) is 50.1 Å². The first kappa shape index (κ1) is 16.0. The number of anilines is 1. The lowest BCUT2D eigenvalue weighted by atomic mass is 9.82. The van der Waals surface area contributed by atoms with Gasteiger partial charge in [-0.1, -0.05) is 12.2 Å². The second kappa shape index (κ2) is 6.70. The van der Waals surface area contributed by atoms with Crippen molar-refractivity contribution < 1.29 is 14.7 Å². The Balaban J connectivity index is 1.70. The molecule has 1 amide bonds. The number of rotatable bonds is 4. The Labute approximate surface area is 139 Å². The number of aryl methyl sites for hydroxylation is 1. The molecule has 0 saturated heterocycles. The third-order valence-corrected chi connectivity index (χ3v) is 4.21. The van der Waals surface area contributed by atoms with Crippen molar-refractivity contribution in [3.05, 3.63) is 54.4 Å². The van der Waals surface area contributed by atoms with Gasteiger partial charge in [0.1, 0.15) is 0 Å². The van der Waals surface area contributed by atoms with Crippen molar-refractivity contribution >= 4 is 17.6 Å². The molecule has 6 nitrogen and oxygen atoms in total. The third-order valence-electron chi connectivity index (χ3n) is 4.21. The number of nitrogens with zero attached hydrogens (tertiary/aromatic N) is 2. The maximum absolute atomic E-state index is 12.4. The summed E-state index contributed by atoms with van der Waals surface area (Å²) in [6.45, 7) is 1.92. The molecule has 1 heterocycles. The number of nitrogens with one attached hydrogen (secondary N) is 1. The van der Waals surface area contributed by atoms with Crippen LogP contribution in [-0.2, 0) is 9.59 Å². The predicted molar refractivity (Wildman–Crippen MR) is 89.9 cm³/mol. The summed E-state index contributed by atoms with van der Waals surface area (Å²) in [5, 5.41) is 16.4. The first-order chi connectivity index (χ1) is 11.5. The molecule has 2 N–H and O–H groups in total. The molecule has 0 spiro atoms. The fraction of sp³-hybridized carbons (Fsp3) is 0.278. The van der Waals surface area contributed by atoms with Crippen molar-refractivity contribution in [3.8, 4) is 5.69 Å². The van der Waals surface area contributed by atoms with Gasteiger partial charge in [0.15, 0.2) is 0 Å². The van der Waals surface area contributed by atoms with Crippen LogP contribution in [0.25, 0.3) is 5.69 Å². The number of carbonyl (C=O) groups is 2. The number of benzene rings is 1. The van der Waals surface area contributed by atoms with E-state index in [0.29, 0.717) is 18.5 Å². The first-order valence-electron chi connectivity index (χ1n) is 7.86. The average molecular weight is 325 g/mol. The van der Waals surface area contributed by atoms with Crippen LogP contribution in [-0.4, -0.2) is 26.8 Å². The second-order valence-electron chi connectivity index (χ2n) is 5.93. The molecule has 1 aromatic heterocycles. The van der Waals surface area contributed by atoms with E-state index in [1.807, 2.05) is 43.5 Å². The Morgan fingerprint density at radius 2 is 1.79 bits per heavy atom. The molecule has 2 atom stereocenters. The van der Waals surface area contributed by atoms with Crippen molar-refractivity contribution in [2.75, 3.05) is 5.32 Å². The van der Waals surface area contributed by atoms with Crippen LogP contribution in [0, 0.1) is 18.8 Å². The molecule has 6 heteroatoms. The van der Waals surface area contributed by atoms with Crippen LogP contribution in [0.3, 0.4) is 0 Å². The zero-order valence-corrected chi connectivity index (χ0v) is 13.3. The number of hydrogen-bond donors (Lipinski definition) is 2. The van der Waals surface area contributed by atoms with E-state index in [0.717, 1.165) is 11.4 Å². The monoisotopic (exact) mass is 325 g/mol. The molecule has 0 saturated carbocycles. The number of allylic oxidation sites excluding steroid dienone is 2. The standard InChI is InChI=1S/C18H19N3O3/c1-12-10-11-21(20-12)14-8-6-13(7-9-14)19-17(22)15-4-2-3-5-16(15)18(23)24/h2-3,6-11,15-16H,4-5H2,1H3,(H,19,22)(H,23,24)/t15-,16+/m0/s1. The molecule has 1 aliphatic carbocycles. The zero-order chi connectivity index (χ0) is 17.1. The smallest absolute Gasteiger partial charge is 0.307 e. The highest BCUT2D eigenvalue weighted by Gasteiger charge is 2.33. The Bertz CT molecular complexity index is 777. The lowest BCUT2D eigenvalue weighted by Gasteiger charge is -2.24. The van der Waals surface area contributed by atoms with E-state index in [1.54, 1.807) is 16.8 Å². The van der Waals surface area contributed by atoms with E-state index >= 15 is 0 Å². The molecule has 1 aromatic carbocycles. The molecule has 0 radical (unpaired) electrons. The minimum absolute atomic E-state index is 0.255. The molecule has 3 rings (SSSR count). The largest absolute Gasteiger partial charge is 0.481 e. The van der Waals surface area contributed by atoms with Crippen molar-refractivity contribution in [1.29, 1.82) is 0 Å². The van der Waals surface area contributed by atoms with Crippen LogP contribution in [0.2, 0.25) is 0 Å². The van der Waals surface area contributed by atoms with Gasteiger partial charge in [-0.15, -0.1) is 0 Å². The van der Waals surface area contributed by atoms with Gasteiger partial charge in [0.05, 0.1) is 23.2 Å². The molecular formula is C18H19N3O3. The number of aromatic nitrogens is 2. The summed E-state index contributed by atoms with van der Waals surface area (Å²) in [5.41, 5.74) is 2.47. The van der Waals surface area contributed by atoms with Gasteiger partial charge >= 0.3 is 5.97 Å². The van der Waals surface area contributed by atoms with Crippen molar-refractivity contribution in [2.45, 2.75) is 19.8 Å². The highest BCUT2D eigenvalue weighted by molar-refractivity contribution is 5.95. The van der Waals surface area contributed by atoms with Crippen LogP contribution in [0.1, 0.15) is 18.5 Å². The van der Waals surface area contributed by atoms with E-state index in [2.05, 4.69) is 10.4 Å². The predicted octanol–water partition coefficient (Wildman–Crippen LogP) is 2.79. The van der Waals surface area contributed by atoms with Crippen molar-refractivity contribution in [3.63, 3.8) is 0 Å². The van der Waals surface area contributed by atoms with E-state index in [9.17, 15) is 14.7 Å². The lowest BCUT2D eigenvalue weighted by Crippen LogP contribution is -2.34. The van der Waals surface area contributed by atoms with E-state index in [1.165, 1.54) is 0 Å². The zero-order valence-electron chi connectivity index (χ0n) is 13.3. The summed E-state index contributed by atoms with van der Waals surface area (Å²) < 4.78 is 1.76. The highest BCUT2D eigenvalue weighted by atomic mass is 16.4. The number of carbonyl (C=O) groups excluding carboxylic acids is 1. The topological polar surface area (TPSA) is 84.2 Å². The maximum Gasteiger partial charge on any atom is 0.307 e. The third kappa shape index (κ3) is 3.37. The fourth-order valence-electron chi connectivity index (χ4n) is 2.87. The quantitative estimate of drug-likeness (QED) is 0.847. The number of amides is 1. The highest BCUT2D eigenvalue weighted by Crippen LogP contribution is 2.27. The van der Waals surface area contributed by atoms with Crippen LogP contribution >= 0.6 is 0 Å². The Morgan fingerprint density at radius 1 is 1.12 bits per heavy atom. The summed E-state index contributed by atoms with van der Waals surface area (Å²) >= 11 is 0.